The Balaban J connectivity index is 2.55. The third-order valence-electron chi connectivity index (χ3n) is 4.02. The molecule has 0 saturated heterocycles. The van der Waals surface area contributed by atoms with Gasteiger partial charge in [-0.3, -0.25) is 4.79 Å². The molecule has 1 amide bonds. The maximum atomic E-state index is 12.5. The third kappa shape index (κ3) is 4.25. The van der Waals surface area contributed by atoms with E-state index in [4.69, 9.17) is 0 Å². The van der Waals surface area contributed by atoms with Crippen molar-refractivity contribution in [2.45, 2.75) is 64.6 Å². The molecular weight excluding hydrogens is 290 g/mol. The number of hydrogen-bond acceptors (Lipinski definition) is 1. The number of nitrogens with one attached hydrogen (secondary N) is 1. The zero-order valence-corrected chi connectivity index (χ0v) is 13.8. The maximum Gasteiger partial charge on any atom is 0.226 e. The molecule has 1 rings (SSSR count). The molecule has 1 saturated carbocycles. The Hall–Kier alpha value is -0.0500. The van der Waals surface area contributed by atoms with E-state index in [0.29, 0.717) is 22.6 Å². The van der Waals surface area contributed by atoms with Gasteiger partial charge >= 0.3 is 0 Å². The van der Waals surface area contributed by atoms with Crippen molar-refractivity contribution in [2.75, 3.05) is 6.54 Å². The fourth-order valence-corrected chi connectivity index (χ4v) is 3.13. The monoisotopic (exact) mass is 317 g/mol. The fraction of sp³-hybridized carbons (Fsp3) is 0.933. The van der Waals surface area contributed by atoms with Crippen molar-refractivity contribution >= 4 is 21.8 Å². The second-order valence-corrected chi connectivity index (χ2v) is 7.73. The number of carbonyl (C=O) groups excluding carboxylic acids is 1. The Kier molecular flexibility index (Phi) is 6.16. The zero-order valence-electron chi connectivity index (χ0n) is 12.3. The van der Waals surface area contributed by atoms with E-state index < -0.39 is 0 Å². The standard InChI is InChI=1S/C15H28BrNO/c1-11(2)9-15(7-5-6-8-15)14(18)17-10-13(16)12(3)4/h11-13H,5-10H2,1-4H3,(H,17,18). The van der Waals surface area contributed by atoms with Crippen molar-refractivity contribution in [2.24, 2.45) is 17.3 Å². The van der Waals surface area contributed by atoms with Gasteiger partial charge in [-0.25, -0.2) is 0 Å². The summed E-state index contributed by atoms with van der Waals surface area (Å²) in [7, 11) is 0. The average molecular weight is 318 g/mol. The summed E-state index contributed by atoms with van der Waals surface area (Å²) in [4.78, 5) is 12.9. The highest BCUT2D eigenvalue weighted by atomic mass is 79.9. The minimum Gasteiger partial charge on any atom is -0.354 e. The molecule has 0 aliphatic heterocycles. The molecule has 0 aromatic carbocycles. The van der Waals surface area contributed by atoms with Crippen LogP contribution in [0.15, 0.2) is 0 Å². The number of rotatable bonds is 6. The molecule has 0 spiro atoms. The van der Waals surface area contributed by atoms with Crippen LogP contribution in [0.3, 0.4) is 0 Å². The molecule has 1 aliphatic rings. The van der Waals surface area contributed by atoms with Gasteiger partial charge in [0, 0.05) is 16.8 Å². The van der Waals surface area contributed by atoms with Gasteiger partial charge in [0.15, 0.2) is 0 Å². The van der Waals surface area contributed by atoms with E-state index >= 15 is 0 Å². The van der Waals surface area contributed by atoms with Crippen molar-refractivity contribution in [3.63, 3.8) is 0 Å². The van der Waals surface area contributed by atoms with Crippen LogP contribution in [0.2, 0.25) is 0 Å². The van der Waals surface area contributed by atoms with Gasteiger partial charge in [-0.15, -0.1) is 0 Å². The lowest BCUT2D eigenvalue weighted by Gasteiger charge is -2.30. The quantitative estimate of drug-likeness (QED) is 0.733. The van der Waals surface area contributed by atoms with E-state index in [-0.39, 0.29) is 5.41 Å². The van der Waals surface area contributed by atoms with Crippen LogP contribution < -0.4 is 5.32 Å². The highest BCUT2D eigenvalue weighted by Gasteiger charge is 2.41. The second-order valence-electron chi connectivity index (χ2n) is 6.56. The number of carbonyl (C=O) groups is 1. The Bertz CT molecular complexity index is 270. The van der Waals surface area contributed by atoms with Gasteiger partial charge in [-0.1, -0.05) is 56.5 Å². The molecule has 1 unspecified atom stereocenters. The van der Waals surface area contributed by atoms with Gasteiger partial charge in [0.05, 0.1) is 0 Å². The van der Waals surface area contributed by atoms with Crippen LogP contribution in [0.4, 0.5) is 0 Å². The summed E-state index contributed by atoms with van der Waals surface area (Å²) in [6.07, 6.45) is 5.61. The summed E-state index contributed by atoms with van der Waals surface area (Å²) in [6, 6.07) is 0. The smallest absolute Gasteiger partial charge is 0.226 e. The van der Waals surface area contributed by atoms with Crippen LogP contribution in [0.5, 0.6) is 0 Å². The predicted octanol–water partition coefficient (Wildman–Crippen LogP) is 4.13. The van der Waals surface area contributed by atoms with E-state index in [9.17, 15) is 4.79 Å². The van der Waals surface area contributed by atoms with E-state index in [0.717, 1.165) is 25.8 Å². The largest absolute Gasteiger partial charge is 0.354 e. The summed E-state index contributed by atoms with van der Waals surface area (Å²) < 4.78 is 0. The number of hydrogen-bond donors (Lipinski definition) is 1. The first kappa shape index (κ1) is 16.0. The number of alkyl halides is 1. The Morgan fingerprint density at radius 1 is 1.22 bits per heavy atom. The summed E-state index contributed by atoms with van der Waals surface area (Å²) >= 11 is 3.63. The van der Waals surface area contributed by atoms with E-state index in [1.165, 1.54) is 12.8 Å². The van der Waals surface area contributed by atoms with Gasteiger partial charge in [-0.05, 0) is 31.1 Å². The number of amides is 1. The first-order chi connectivity index (χ1) is 8.37. The summed E-state index contributed by atoms with van der Waals surface area (Å²) in [5, 5.41) is 3.17. The van der Waals surface area contributed by atoms with Crippen molar-refractivity contribution in [1.29, 1.82) is 0 Å². The van der Waals surface area contributed by atoms with Crippen LogP contribution in [-0.2, 0) is 4.79 Å². The lowest BCUT2D eigenvalue weighted by Crippen LogP contribution is -2.42. The Morgan fingerprint density at radius 3 is 2.22 bits per heavy atom. The molecule has 0 aromatic rings. The first-order valence-electron chi connectivity index (χ1n) is 7.30. The number of halogens is 1. The summed E-state index contributed by atoms with van der Waals surface area (Å²) in [5.74, 6) is 1.44. The van der Waals surface area contributed by atoms with E-state index in [1.54, 1.807) is 0 Å². The summed E-state index contributed by atoms with van der Waals surface area (Å²) in [5.41, 5.74) is -0.0716. The molecule has 0 radical (unpaired) electrons. The first-order valence-corrected chi connectivity index (χ1v) is 8.21. The third-order valence-corrected chi connectivity index (χ3v) is 5.40. The molecule has 3 heteroatoms. The normalized spacial score (nSPS) is 20.4. The molecule has 1 fully saturated rings. The van der Waals surface area contributed by atoms with Crippen molar-refractivity contribution in [3.05, 3.63) is 0 Å². The molecule has 0 bridgehead atoms. The van der Waals surface area contributed by atoms with Crippen molar-refractivity contribution < 1.29 is 4.79 Å². The molecule has 0 heterocycles. The Morgan fingerprint density at radius 2 is 1.78 bits per heavy atom. The van der Waals surface area contributed by atoms with Crippen molar-refractivity contribution in [1.82, 2.24) is 5.32 Å². The SMILES string of the molecule is CC(C)CC1(C(=O)NCC(Br)C(C)C)CCCC1. The second kappa shape index (κ2) is 6.93. The molecule has 1 N–H and O–H groups in total. The average Bonchev–Trinajstić information content (AvgIpc) is 2.73. The highest BCUT2D eigenvalue weighted by molar-refractivity contribution is 9.09. The fourth-order valence-electron chi connectivity index (χ4n) is 2.97. The maximum absolute atomic E-state index is 12.5. The van der Waals surface area contributed by atoms with E-state index in [1.807, 2.05) is 0 Å². The van der Waals surface area contributed by atoms with Crippen LogP contribution in [0.25, 0.3) is 0 Å². The van der Waals surface area contributed by atoms with Gasteiger partial charge in [-0.2, -0.15) is 0 Å². The Labute approximate surface area is 120 Å². The molecule has 0 aromatic heterocycles. The van der Waals surface area contributed by atoms with Crippen LogP contribution in [-0.4, -0.2) is 17.3 Å². The van der Waals surface area contributed by atoms with Gasteiger partial charge in [0.2, 0.25) is 5.91 Å². The van der Waals surface area contributed by atoms with Crippen LogP contribution in [0.1, 0.15) is 59.8 Å². The predicted molar refractivity (Wildman–Crippen MR) is 80.9 cm³/mol. The molecule has 18 heavy (non-hydrogen) atoms. The molecule has 1 aliphatic carbocycles. The molecule has 106 valence electrons. The minimum absolute atomic E-state index is 0.0716. The molecule has 1 atom stereocenters. The minimum atomic E-state index is -0.0716. The van der Waals surface area contributed by atoms with Gasteiger partial charge < -0.3 is 5.32 Å². The zero-order chi connectivity index (χ0) is 13.8. The lowest BCUT2D eigenvalue weighted by molar-refractivity contribution is -0.131. The van der Waals surface area contributed by atoms with Gasteiger partial charge in [0.25, 0.3) is 0 Å². The highest BCUT2D eigenvalue weighted by Crippen LogP contribution is 2.43. The van der Waals surface area contributed by atoms with E-state index in [2.05, 4.69) is 48.9 Å². The summed E-state index contributed by atoms with van der Waals surface area (Å²) in [6.45, 7) is 9.52. The lowest BCUT2D eigenvalue weighted by atomic mass is 9.77. The van der Waals surface area contributed by atoms with Gasteiger partial charge in [0.1, 0.15) is 0 Å². The molecular formula is C15H28BrNO. The van der Waals surface area contributed by atoms with Crippen LogP contribution in [0, 0.1) is 17.3 Å². The topological polar surface area (TPSA) is 29.1 Å². The molecule has 2 nitrogen and oxygen atoms in total. The van der Waals surface area contributed by atoms with Crippen molar-refractivity contribution in [3.8, 4) is 0 Å². The van der Waals surface area contributed by atoms with Crippen LogP contribution >= 0.6 is 15.9 Å².